The third-order valence-electron chi connectivity index (χ3n) is 4.15. The van der Waals surface area contributed by atoms with Crippen molar-refractivity contribution in [3.8, 4) is 0 Å². The third-order valence-corrected chi connectivity index (χ3v) is 4.15. The minimum Gasteiger partial charge on any atom is -0.352 e. The molecule has 1 atom stereocenters. The Bertz CT molecular complexity index is 695. The van der Waals surface area contributed by atoms with E-state index in [0.717, 1.165) is 16.8 Å². The zero-order valence-corrected chi connectivity index (χ0v) is 13.2. The average Bonchev–Trinajstić information content (AvgIpc) is 2.96. The van der Waals surface area contributed by atoms with E-state index >= 15 is 0 Å². The molecule has 0 aromatic heterocycles. The lowest BCUT2D eigenvalue weighted by atomic mass is 10.1. The minimum absolute atomic E-state index is 0.00807. The van der Waals surface area contributed by atoms with E-state index in [4.69, 9.17) is 0 Å². The van der Waals surface area contributed by atoms with Gasteiger partial charge in [0.2, 0.25) is 11.8 Å². The molecule has 0 unspecified atom stereocenters. The van der Waals surface area contributed by atoms with Gasteiger partial charge in [0.1, 0.15) is 0 Å². The number of anilines is 1. The molecule has 2 aromatic rings. The van der Waals surface area contributed by atoms with E-state index in [0.29, 0.717) is 13.1 Å². The van der Waals surface area contributed by atoms with Gasteiger partial charge in [-0.05, 0) is 24.6 Å². The molecule has 1 aliphatic rings. The fraction of sp³-hybridized carbons (Fsp3) is 0.263. The first-order chi connectivity index (χ1) is 11.1. The van der Waals surface area contributed by atoms with Gasteiger partial charge in [0.15, 0.2) is 0 Å². The summed E-state index contributed by atoms with van der Waals surface area (Å²) < 4.78 is 0. The SMILES string of the molecule is Cc1ccc(N2C[C@H](C(=O)NCc3ccccc3)CC2=O)cc1. The Morgan fingerprint density at radius 3 is 2.52 bits per heavy atom. The summed E-state index contributed by atoms with van der Waals surface area (Å²) in [6, 6.07) is 17.6. The molecule has 3 rings (SSSR count). The van der Waals surface area contributed by atoms with Crippen molar-refractivity contribution in [1.29, 1.82) is 0 Å². The Morgan fingerprint density at radius 2 is 1.83 bits per heavy atom. The lowest BCUT2D eigenvalue weighted by Crippen LogP contribution is -2.32. The Balaban J connectivity index is 1.60. The van der Waals surface area contributed by atoms with Crippen LogP contribution < -0.4 is 10.2 Å². The highest BCUT2D eigenvalue weighted by Crippen LogP contribution is 2.25. The van der Waals surface area contributed by atoms with E-state index in [9.17, 15) is 9.59 Å². The minimum atomic E-state index is -0.285. The first-order valence-corrected chi connectivity index (χ1v) is 7.82. The Hall–Kier alpha value is -2.62. The predicted molar refractivity (Wildman–Crippen MR) is 89.9 cm³/mol. The molecule has 4 heteroatoms. The van der Waals surface area contributed by atoms with Gasteiger partial charge in [-0.3, -0.25) is 9.59 Å². The van der Waals surface area contributed by atoms with Crippen molar-refractivity contribution in [2.75, 3.05) is 11.4 Å². The normalized spacial score (nSPS) is 17.3. The van der Waals surface area contributed by atoms with Crippen LogP contribution in [0.3, 0.4) is 0 Å². The summed E-state index contributed by atoms with van der Waals surface area (Å²) in [7, 11) is 0. The van der Waals surface area contributed by atoms with Crippen LogP contribution in [-0.2, 0) is 16.1 Å². The van der Waals surface area contributed by atoms with Crippen molar-refractivity contribution >= 4 is 17.5 Å². The summed E-state index contributed by atoms with van der Waals surface area (Å²) in [6.45, 7) is 2.95. The molecule has 0 saturated carbocycles. The molecule has 1 saturated heterocycles. The standard InChI is InChI=1S/C19H20N2O2/c1-14-7-9-17(10-8-14)21-13-16(11-18(21)22)19(23)20-12-15-5-3-2-4-6-15/h2-10,16H,11-13H2,1H3,(H,20,23)/t16-/m1/s1. The van der Waals surface area contributed by atoms with Crippen molar-refractivity contribution < 1.29 is 9.59 Å². The monoisotopic (exact) mass is 308 g/mol. The van der Waals surface area contributed by atoms with E-state index in [1.54, 1.807) is 4.90 Å². The smallest absolute Gasteiger partial charge is 0.227 e. The molecular formula is C19H20N2O2. The quantitative estimate of drug-likeness (QED) is 0.944. The van der Waals surface area contributed by atoms with Crippen LogP contribution >= 0.6 is 0 Å². The molecule has 1 fully saturated rings. The van der Waals surface area contributed by atoms with Gasteiger partial charge < -0.3 is 10.2 Å². The van der Waals surface area contributed by atoms with Crippen molar-refractivity contribution in [2.45, 2.75) is 19.9 Å². The average molecular weight is 308 g/mol. The van der Waals surface area contributed by atoms with Gasteiger partial charge in [-0.25, -0.2) is 0 Å². The fourth-order valence-corrected chi connectivity index (χ4v) is 2.79. The van der Waals surface area contributed by atoms with Crippen molar-refractivity contribution in [1.82, 2.24) is 5.32 Å². The molecule has 2 aromatic carbocycles. The van der Waals surface area contributed by atoms with Gasteiger partial charge in [-0.2, -0.15) is 0 Å². The van der Waals surface area contributed by atoms with Gasteiger partial charge in [-0.1, -0.05) is 48.0 Å². The van der Waals surface area contributed by atoms with Gasteiger partial charge >= 0.3 is 0 Å². The second-order valence-corrected chi connectivity index (χ2v) is 5.94. The van der Waals surface area contributed by atoms with Gasteiger partial charge in [0.05, 0.1) is 5.92 Å². The summed E-state index contributed by atoms with van der Waals surface area (Å²) in [5, 5.41) is 2.92. The van der Waals surface area contributed by atoms with Crippen molar-refractivity contribution in [2.24, 2.45) is 5.92 Å². The number of benzene rings is 2. The zero-order valence-electron chi connectivity index (χ0n) is 13.2. The highest BCUT2D eigenvalue weighted by molar-refractivity contribution is 6.00. The Labute approximate surface area is 136 Å². The number of hydrogen-bond donors (Lipinski definition) is 1. The van der Waals surface area contributed by atoms with Crippen molar-refractivity contribution in [3.63, 3.8) is 0 Å². The van der Waals surface area contributed by atoms with Gasteiger partial charge in [0, 0.05) is 25.2 Å². The molecule has 1 heterocycles. The molecule has 0 aliphatic carbocycles. The fourth-order valence-electron chi connectivity index (χ4n) is 2.79. The number of carbonyl (C=O) groups is 2. The molecule has 118 valence electrons. The van der Waals surface area contributed by atoms with Crippen LogP contribution in [0.5, 0.6) is 0 Å². The summed E-state index contributed by atoms with van der Waals surface area (Å²) in [4.78, 5) is 26.2. The Kier molecular flexibility index (Phi) is 4.42. The molecular weight excluding hydrogens is 288 g/mol. The predicted octanol–water partition coefficient (Wildman–Crippen LogP) is 2.66. The van der Waals surface area contributed by atoms with E-state index in [-0.39, 0.29) is 24.2 Å². The number of amides is 2. The van der Waals surface area contributed by atoms with Crippen LogP contribution in [0, 0.1) is 12.8 Å². The van der Waals surface area contributed by atoms with E-state index in [1.807, 2.05) is 61.5 Å². The molecule has 0 radical (unpaired) electrons. The number of nitrogens with zero attached hydrogens (tertiary/aromatic N) is 1. The van der Waals surface area contributed by atoms with Crippen molar-refractivity contribution in [3.05, 3.63) is 65.7 Å². The van der Waals surface area contributed by atoms with Crippen LogP contribution in [-0.4, -0.2) is 18.4 Å². The number of aryl methyl sites for hydroxylation is 1. The molecule has 0 spiro atoms. The summed E-state index contributed by atoms with van der Waals surface area (Å²) in [5.41, 5.74) is 3.07. The lowest BCUT2D eigenvalue weighted by molar-refractivity contribution is -0.126. The van der Waals surface area contributed by atoms with Crippen LogP contribution in [0.15, 0.2) is 54.6 Å². The third kappa shape index (κ3) is 3.59. The zero-order chi connectivity index (χ0) is 16.2. The first-order valence-electron chi connectivity index (χ1n) is 7.82. The second-order valence-electron chi connectivity index (χ2n) is 5.94. The maximum Gasteiger partial charge on any atom is 0.227 e. The number of hydrogen-bond acceptors (Lipinski definition) is 2. The van der Waals surface area contributed by atoms with Gasteiger partial charge in [0.25, 0.3) is 0 Å². The first kappa shape index (κ1) is 15.3. The van der Waals surface area contributed by atoms with E-state index in [2.05, 4.69) is 5.32 Å². The molecule has 4 nitrogen and oxygen atoms in total. The Morgan fingerprint density at radius 1 is 1.13 bits per heavy atom. The highest BCUT2D eigenvalue weighted by atomic mass is 16.2. The second kappa shape index (κ2) is 6.65. The molecule has 23 heavy (non-hydrogen) atoms. The van der Waals surface area contributed by atoms with E-state index in [1.165, 1.54) is 0 Å². The molecule has 0 bridgehead atoms. The maximum atomic E-state index is 12.3. The van der Waals surface area contributed by atoms with Crippen LogP contribution in [0.4, 0.5) is 5.69 Å². The number of carbonyl (C=O) groups excluding carboxylic acids is 2. The maximum absolute atomic E-state index is 12.3. The van der Waals surface area contributed by atoms with E-state index < -0.39 is 0 Å². The summed E-state index contributed by atoms with van der Waals surface area (Å²) in [5.74, 6) is -0.335. The van der Waals surface area contributed by atoms with Crippen LogP contribution in [0.25, 0.3) is 0 Å². The molecule has 1 N–H and O–H groups in total. The molecule has 1 aliphatic heterocycles. The molecule has 2 amide bonds. The highest BCUT2D eigenvalue weighted by Gasteiger charge is 2.34. The summed E-state index contributed by atoms with van der Waals surface area (Å²) in [6.07, 6.45) is 0.272. The van der Waals surface area contributed by atoms with Crippen LogP contribution in [0.2, 0.25) is 0 Å². The number of nitrogens with one attached hydrogen (secondary N) is 1. The largest absolute Gasteiger partial charge is 0.352 e. The topological polar surface area (TPSA) is 49.4 Å². The van der Waals surface area contributed by atoms with Gasteiger partial charge in [-0.15, -0.1) is 0 Å². The van der Waals surface area contributed by atoms with Crippen LogP contribution in [0.1, 0.15) is 17.5 Å². The summed E-state index contributed by atoms with van der Waals surface area (Å²) >= 11 is 0. The number of rotatable bonds is 4. The lowest BCUT2D eigenvalue weighted by Gasteiger charge is -2.17.